The molecule has 1 amide bonds. The molecule has 0 bridgehead atoms. The van der Waals surface area contributed by atoms with Gasteiger partial charge in [-0.15, -0.1) is 5.10 Å². The maximum absolute atomic E-state index is 12.3. The summed E-state index contributed by atoms with van der Waals surface area (Å²) in [6.07, 6.45) is 1.83. The number of thioether (sulfide) groups is 1. The Morgan fingerprint density at radius 1 is 1.36 bits per heavy atom. The number of aromatic nitrogens is 3. The predicted octanol–water partition coefficient (Wildman–Crippen LogP) is 1.99. The standard InChI is InChI=1S/C17H20N4O3S/c1-11-18-17(20-19-11)25-10-15(22)21-7-6-13(9-21)8-12-2-4-14(5-3-12)16(23)24/h2-5,13H,6-10H2,1H3,(H,23,24)(H,18,19,20)/t13-/m0/s1. The van der Waals surface area contributed by atoms with E-state index < -0.39 is 5.97 Å². The van der Waals surface area contributed by atoms with Gasteiger partial charge in [-0.3, -0.25) is 9.89 Å². The summed E-state index contributed by atoms with van der Waals surface area (Å²) < 4.78 is 0. The zero-order chi connectivity index (χ0) is 17.8. The molecule has 2 aromatic rings. The summed E-state index contributed by atoms with van der Waals surface area (Å²) in [6, 6.07) is 6.97. The molecule has 2 N–H and O–H groups in total. The van der Waals surface area contributed by atoms with Crippen LogP contribution in [0.2, 0.25) is 0 Å². The van der Waals surface area contributed by atoms with E-state index in [9.17, 15) is 9.59 Å². The van der Waals surface area contributed by atoms with Crippen molar-refractivity contribution in [1.82, 2.24) is 20.1 Å². The van der Waals surface area contributed by atoms with Crippen LogP contribution in [-0.2, 0) is 11.2 Å². The Morgan fingerprint density at radius 3 is 2.76 bits per heavy atom. The van der Waals surface area contributed by atoms with Crippen LogP contribution in [0.15, 0.2) is 29.4 Å². The number of carboxylic acids is 1. The highest BCUT2D eigenvalue weighted by Gasteiger charge is 2.26. The lowest BCUT2D eigenvalue weighted by atomic mass is 9.98. The molecule has 1 aromatic heterocycles. The number of likely N-dealkylation sites (tertiary alicyclic amines) is 1. The monoisotopic (exact) mass is 360 g/mol. The van der Waals surface area contributed by atoms with Crippen molar-refractivity contribution in [2.75, 3.05) is 18.8 Å². The fourth-order valence-electron chi connectivity index (χ4n) is 2.95. The summed E-state index contributed by atoms with van der Waals surface area (Å²) in [4.78, 5) is 29.3. The first-order valence-corrected chi connectivity index (χ1v) is 9.11. The van der Waals surface area contributed by atoms with E-state index in [1.807, 2.05) is 24.0 Å². The minimum absolute atomic E-state index is 0.108. The van der Waals surface area contributed by atoms with E-state index in [1.165, 1.54) is 11.8 Å². The zero-order valence-corrected chi connectivity index (χ0v) is 14.8. The molecule has 1 saturated heterocycles. The number of carbonyl (C=O) groups excluding carboxylic acids is 1. The van der Waals surface area contributed by atoms with Crippen LogP contribution in [-0.4, -0.2) is 55.9 Å². The van der Waals surface area contributed by atoms with E-state index in [-0.39, 0.29) is 5.91 Å². The van der Waals surface area contributed by atoms with E-state index in [1.54, 1.807) is 12.1 Å². The average molecular weight is 360 g/mol. The number of amides is 1. The van der Waals surface area contributed by atoms with Gasteiger partial charge in [-0.25, -0.2) is 9.78 Å². The SMILES string of the molecule is Cc1nc(SCC(=O)N2CC[C@@H](Cc3ccc(C(=O)O)cc3)C2)n[nH]1. The first-order chi connectivity index (χ1) is 12.0. The molecule has 25 heavy (non-hydrogen) atoms. The number of carboxylic acid groups (broad SMARTS) is 1. The highest BCUT2D eigenvalue weighted by molar-refractivity contribution is 7.99. The minimum Gasteiger partial charge on any atom is -0.478 e. The minimum atomic E-state index is -0.914. The van der Waals surface area contributed by atoms with Crippen LogP contribution in [0.25, 0.3) is 0 Å². The number of nitrogens with zero attached hydrogens (tertiary/aromatic N) is 3. The highest BCUT2D eigenvalue weighted by atomic mass is 32.2. The van der Waals surface area contributed by atoms with Crippen LogP contribution in [0.5, 0.6) is 0 Å². The quantitative estimate of drug-likeness (QED) is 0.765. The summed E-state index contributed by atoms with van der Waals surface area (Å²) in [5.74, 6) is 0.692. The molecule has 132 valence electrons. The zero-order valence-electron chi connectivity index (χ0n) is 13.9. The maximum Gasteiger partial charge on any atom is 0.335 e. The molecule has 0 spiro atoms. The number of hydrogen-bond donors (Lipinski definition) is 2. The third-order valence-corrected chi connectivity index (χ3v) is 5.10. The van der Waals surface area contributed by atoms with Gasteiger partial charge in [0.1, 0.15) is 5.82 Å². The number of nitrogens with one attached hydrogen (secondary N) is 1. The van der Waals surface area contributed by atoms with Crippen molar-refractivity contribution in [3.8, 4) is 0 Å². The fraction of sp³-hybridized carbons (Fsp3) is 0.412. The molecule has 0 unspecified atom stereocenters. The largest absolute Gasteiger partial charge is 0.478 e. The van der Waals surface area contributed by atoms with Gasteiger partial charge in [0, 0.05) is 13.1 Å². The van der Waals surface area contributed by atoms with Crippen molar-refractivity contribution >= 4 is 23.6 Å². The lowest BCUT2D eigenvalue weighted by Gasteiger charge is -2.16. The third-order valence-electron chi connectivity index (χ3n) is 4.27. The van der Waals surface area contributed by atoms with Gasteiger partial charge in [0.05, 0.1) is 11.3 Å². The number of carbonyl (C=O) groups is 2. The van der Waals surface area contributed by atoms with Crippen molar-refractivity contribution in [2.24, 2.45) is 5.92 Å². The molecule has 8 heteroatoms. The maximum atomic E-state index is 12.3. The second kappa shape index (κ2) is 7.69. The Kier molecular flexibility index (Phi) is 5.37. The van der Waals surface area contributed by atoms with Gasteiger partial charge in [0.2, 0.25) is 11.1 Å². The molecule has 0 radical (unpaired) electrons. The molecule has 3 rings (SSSR count). The summed E-state index contributed by atoms with van der Waals surface area (Å²) >= 11 is 1.35. The molecule has 7 nitrogen and oxygen atoms in total. The number of hydrogen-bond acceptors (Lipinski definition) is 5. The summed E-state index contributed by atoms with van der Waals surface area (Å²) in [6.45, 7) is 3.34. The van der Waals surface area contributed by atoms with Gasteiger partial charge in [-0.2, -0.15) is 0 Å². The molecule has 1 aliphatic rings. The number of aromatic amines is 1. The van der Waals surface area contributed by atoms with Gasteiger partial charge >= 0.3 is 5.97 Å². The normalized spacial score (nSPS) is 17.0. The van der Waals surface area contributed by atoms with Crippen LogP contribution in [0, 0.1) is 12.8 Å². The Bertz CT molecular complexity index is 760. The Morgan fingerprint density at radius 2 is 2.12 bits per heavy atom. The number of aryl methyl sites for hydroxylation is 1. The number of H-pyrrole nitrogens is 1. The molecule has 1 aliphatic heterocycles. The lowest BCUT2D eigenvalue weighted by molar-refractivity contribution is -0.127. The van der Waals surface area contributed by atoms with E-state index >= 15 is 0 Å². The van der Waals surface area contributed by atoms with Crippen molar-refractivity contribution < 1.29 is 14.7 Å². The van der Waals surface area contributed by atoms with Crippen LogP contribution >= 0.6 is 11.8 Å². The second-order valence-electron chi connectivity index (χ2n) is 6.19. The van der Waals surface area contributed by atoms with Crippen LogP contribution in [0.1, 0.15) is 28.2 Å². The molecule has 0 saturated carbocycles. The Labute approximate surface area is 149 Å². The van der Waals surface area contributed by atoms with Crippen molar-refractivity contribution in [3.63, 3.8) is 0 Å². The van der Waals surface area contributed by atoms with Gasteiger partial charge < -0.3 is 10.0 Å². The first-order valence-electron chi connectivity index (χ1n) is 8.13. The van der Waals surface area contributed by atoms with E-state index in [0.717, 1.165) is 37.3 Å². The molecule has 1 aromatic carbocycles. The third kappa shape index (κ3) is 4.60. The number of aromatic carboxylic acids is 1. The topological polar surface area (TPSA) is 99.2 Å². The van der Waals surface area contributed by atoms with Crippen molar-refractivity contribution in [1.29, 1.82) is 0 Å². The van der Waals surface area contributed by atoms with Gasteiger partial charge in [0.15, 0.2) is 0 Å². The molecule has 0 aliphatic carbocycles. The van der Waals surface area contributed by atoms with Crippen LogP contribution in [0.4, 0.5) is 0 Å². The van der Waals surface area contributed by atoms with Crippen LogP contribution in [0.3, 0.4) is 0 Å². The van der Waals surface area contributed by atoms with Crippen molar-refractivity contribution in [2.45, 2.75) is 24.9 Å². The fourth-order valence-corrected chi connectivity index (χ4v) is 3.69. The number of rotatable bonds is 6. The summed E-state index contributed by atoms with van der Waals surface area (Å²) in [5.41, 5.74) is 1.40. The smallest absolute Gasteiger partial charge is 0.335 e. The van der Waals surface area contributed by atoms with E-state index in [0.29, 0.717) is 22.4 Å². The first kappa shape index (κ1) is 17.5. The van der Waals surface area contributed by atoms with Crippen LogP contribution < -0.4 is 0 Å². The summed E-state index contributed by atoms with van der Waals surface area (Å²) in [7, 11) is 0. The Balaban J connectivity index is 1.47. The molecule has 2 heterocycles. The predicted molar refractivity (Wildman–Crippen MR) is 93.6 cm³/mol. The lowest BCUT2D eigenvalue weighted by Crippen LogP contribution is -2.30. The van der Waals surface area contributed by atoms with Gasteiger partial charge in [0.25, 0.3) is 0 Å². The Hall–Kier alpha value is -2.35. The number of benzene rings is 1. The van der Waals surface area contributed by atoms with Gasteiger partial charge in [-0.1, -0.05) is 23.9 Å². The average Bonchev–Trinajstić information content (AvgIpc) is 3.22. The molecular weight excluding hydrogens is 340 g/mol. The molecular formula is C17H20N4O3S. The summed E-state index contributed by atoms with van der Waals surface area (Å²) in [5, 5.41) is 16.3. The second-order valence-corrected chi connectivity index (χ2v) is 7.14. The molecule has 1 atom stereocenters. The highest BCUT2D eigenvalue weighted by Crippen LogP contribution is 2.23. The van der Waals surface area contributed by atoms with E-state index in [4.69, 9.17) is 5.11 Å². The van der Waals surface area contributed by atoms with Crippen molar-refractivity contribution in [3.05, 3.63) is 41.2 Å². The van der Waals surface area contributed by atoms with E-state index in [2.05, 4.69) is 15.2 Å². The molecule has 1 fully saturated rings. The van der Waals surface area contributed by atoms with Gasteiger partial charge in [-0.05, 0) is 43.4 Å².